The van der Waals surface area contributed by atoms with Gasteiger partial charge in [0.05, 0.1) is 19.2 Å². The van der Waals surface area contributed by atoms with E-state index >= 15 is 0 Å². The predicted octanol–water partition coefficient (Wildman–Crippen LogP) is 0.358. The van der Waals surface area contributed by atoms with Crippen molar-refractivity contribution >= 4 is 41.4 Å². The molecule has 0 spiro atoms. The molecule has 16 heteroatoms. The molecule has 0 bridgehead atoms. The summed E-state index contributed by atoms with van der Waals surface area (Å²) in [6, 6.07) is 2.05. The van der Waals surface area contributed by atoms with Crippen molar-refractivity contribution in [3.8, 4) is 0 Å². The molecule has 0 aliphatic carbocycles. The van der Waals surface area contributed by atoms with Gasteiger partial charge in [-0.1, -0.05) is 85.7 Å². The minimum Gasteiger partial charge on any atom is -0.480 e. The van der Waals surface area contributed by atoms with Gasteiger partial charge in [-0.2, -0.15) is 0 Å². The number of carboxylic acid groups (broad SMARTS) is 1. The Kier molecular flexibility index (Phi) is 21.1. The number of rotatable bonds is 24. The summed E-state index contributed by atoms with van der Waals surface area (Å²) in [5, 5.41) is 34.7. The molecule has 0 aromatic heterocycles. The maximum atomic E-state index is 13.8. The Morgan fingerprint density at radius 3 is 1.46 bits per heavy atom. The first-order valence-corrected chi connectivity index (χ1v) is 18.7. The zero-order valence-corrected chi connectivity index (χ0v) is 32.9. The largest absolute Gasteiger partial charge is 0.480 e. The summed E-state index contributed by atoms with van der Waals surface area (Å²) in [5.41, 5.74) is 6.58. The van der Waals surface area contributed by atoms with Crippen LogP contribution < -0.4 is 37.6 Å². The summed E-state index contributed by atoms with van der Waals surface area (Å²) < 4.78 is 0. The Balaban J connectivity index is 3.13. The zero-order chi connectivity index (χ0) is 41.1. The first-order valence-electron chi connectivity index (χ1n) is 18.7. The number of aliphatic carboxylic acids is 1. The van der Waals surface area contributed by atoms with E-state index in [1.54, 1.807) is 30.3 Å². The monoisotopic (exact) mass is 761 g/mol. The van der Waals surface area contributed by atoms with E-state index in [0.717, 1.165) is 0 Å². The van der Waals surface area contributed by atoms with Crippen molar-refractivity contribution < 1.29 is 43.8 Å². The van der Waals surface area contributed by atoms with E-state index in [1.807, 2.05) is 55.4 Å². The second kappa shape index (κ2) is 24.0. The van der Waals surface area contributed by atoms with Gasteiger partial charge in [-0.3, -0.25) is 28.8 Å². The Bertz CT molecular complexity index is 1390. The smallest absolute Gasteiger partial charge is 0.326 e. The van der Waals surface area contributed by atoms with Crippen LogP contribution in [-0.4, -0.2) is 101 Å². The van der Waals surface area contributed by atoms with Crippen molar-refractivity contribution in [1.29, 1.82) is 0 Å². The molecule has 0 saturated carbocycles. The molecule has 10 N–H and O–H groups in total. The van der Waals surface area contributed by atoms with Crippen LogP contribution in [0, 0.1) is 23.7 Å². The van der Waals surface area contributed by atoms with Crippen LogP contribution in [0.25, 0.3) is 0 Å². The van der Waals surface area contributed by atoms with Gasteiger partial charge in [0.25, 0.3) is 0 Å². The molecular weight excluding hydrogens is 698 g/mol. The van der Waals surface area contributed by atoms with Crippen LogP contribution in [0.1, 0.15) is 86.6 Å². The molecule has 304 valence electrons. The highest BCUT2D eigenvalue weighted by atomic mass is 16.4. The van der Waals surface area contributed by atoms with Crippen molar-refractivity contribution in [2.24, 2.45) is 29.4 Å². The van der Waals surface area contributed by atoms with E-state index in [9.17, 15) is 43.8 Å². The van der Waals surface area contributed by atoms with Crippen LogP contribution >= 0.6 is 0 Å². The Morgan fingerprint density at radius 1 is 0.556 bits per heavy atom. The van der Waals surface area contributed by atoms with Gasteiger partial charge in [-0.15, -0.1) is 0 Å². The molecule has 16 nitrogen and oxygen atoms in total. The quantitative estimate of drug-likeness (QED) is 0.0699. The molecular formula is C38H63N7O9. The second-order valence-corrected chi connectivity index (χ2v) is 15.4. The lowest BCUT2D eigenvalue weighted by atomic mass is 9.98. The molecule has 0 saturated heterocycles. The lowest BCUT2D eigenvalue weighted by molar-refractivity contribution is -0.142. The van der Waals surface area contributed by atoms with Crippen LogP contribution in [0.4, 0.5) is 0 Å². The number of nitrogens with two attached hydrogens (primary N) is 1. The third-order valence-electron chi connectivity index (χ3n) is 8.24. The number of amides is 6. The fourth-order valence-corrected chi connectivity index (χ4v) is 5.60. The standard InChI is InChI=1S/C38H63N7O9/c1-21(2)14-26(39)33(48)45-31(20-46)34(49)40-19-32(47)41-27(15-22(3)4)35(50)42-28(16-23(5)6)36(51)43-29(18-25-12-10-9-11-13-25)37(52)44-30(38(53)54)17-24(7)8/h9-13,21-24,26-31,46H,14-20,39H2,1-8H3,(H,40,49)(H,41,47)(H,42,50)(H,43,51)(H,44,52)(H,45,48)(H,53,54)/t26-,27-,28-,29-,30-,31-/m0/s1. The highest BCUT2D eigenvalue weighted by molar-refractivity contribution is 5.96. The number of nitrogens with one attached hydrogen (secondary N) is 6. The number of carbonyl (C=O) groups is 7. The van der Waals surface area contributed by atoms with Crippen molar-refractivity contribution in [1.82, 2.24) is 31.9 Å². The van der Waals surface area contributed by atoms with E-state index in [0.29, 0.717) is 12.0 Å². The van der Waals surface area contributed by atoms with E-state index in [4.69, 9.17) is 5.73 Å². The number of carboxylic acids is 1. The van der Waals surface area contributed by atoms with E-state index in [-0.39, 0.29) is 49.4 Å². The van der Waals surface area contributed by atoms with Crippen molar-refractivity contribution in [2.75, 3.05) is 13.2 Å². The molecule has 0 radical (unpaired) electrons. The average Bonchev–Trinajstić information content (AvgIpc) is 3.07. The molecule has 1 aromatic carbocycles. The molecule has 1 aromatic rings. The predicted molar refractivity (Wildman–Crippen MR) is 203 cm³/mol. The van der Waals surface area contributed by atoms with Crippen LogP contribution in [0.15, 0.2) is 30.3 Å². The lowest BCUT2D eigenvalue weighted by Crippen LogP contribution is -2.59. The normalized spacial score (nSPS) is 14.7. The Morgan fingerprint density at radius 2 is 0.981 bits per heavy atom. The van der Waals surface area contributed by atoms with Crippen LogP contribution in [0.2, 0.25) is 0 Å². The maximum Gasteiger partial charge on any atom is 0.326 e. The van der Waals surface area contributed by atoms with Crippen molar-refractivity contribution in [3.63, 3.8) is 0 Å². The molecule has 0 fully saturated rings. The van der Waals surface area contributed by atoms with Crippen LogP contribution in [-0.2, 0) is 40.0 Å². The summed E-state index contributed by atoms with van der Waals surface area (Å²) in [5.74, 6) is -5.49. The number of benzene rings is 1. The third-order valence-corrected chi connectivity index (χ3v) is 8.24. The molecule has 0 unspecified atom stereocenters. The second-order valence-electron chi connectivity index (χ2n) is 15.4. The summed E-state index contributed by atoms with van der Waals surface area (Å²) in [6.07, 6.45) is 0.948. The highest BCUT2D eigenvalue weighted by Crippen LogP contribution is 2.12. The number of hydrogen-bond donors (Lipinski definition) is 9. The fraction of sp³-hybridized carbons (Fsp3) is 0.658. The minimum atomic E-state index is -1.36. The first-order chi connectivity index (χ1) is 25.2. The molecule has 6 atom stereocenters. The minimum absolute atomic E-state index is 0.0289. The van der Waals surface area contributed by atoms with Gasteiger partial charge in [-0.25, -0.2) is 4.79 Å². The molecule has 54 heavy (non-hydrogen) atoms. The van der Waals surface area contributed by atoms with Gasteiger partial charge in [0, 0.05) is 6.42 Å². The van der Waals surface area contributed by atoms with Crippen molar-refractivity contribution in [2.45, 2.75) is 124 Å². The topological polar surface area (TPSA) is 258 Å². The van der Waals surface area contributed by atoms with Gasteiger partial charge in [0.15, 0.2) is 0 Å². The Labute approximate surface area is 318 Å². The Hall–Kier alpha value is -4.57. The van der Waals surface area contributed by atoms with Gasteiger partial charge in [0.2, 0.25) is 35.4 Å². The van der Waals surface area contributed by atoms with Crippen LogP contribution in [0.3, 0.4) is 0 Å². The molecule has 0 aliphatic rings. The van der Waals surface area contributed by atoms with Gasteiger partial charge >= 0.3 is 5.97 Å². The zero-order valence-electron chi connectivity index (χ0n) is 32.9. The summed E-state index contributed by atoms with van der Waals surface area (Å²) in [4.78, 5) is 90.9. The van der Waals surface area contributed by atoms with Crippen molar-refractivity contribution in [3.05, 3.63) is 35.9 Å². The first kappa shape index (κ1) is 47.5. The molecule has 0 heterocycles. The highest BCUT2D eigenvalue weighted by Gasteiger charge is 2.32. The van der Waals surface area contributed by atoms with E-state index in [1.165, 1.54) is 0 Å². The lowest BCUT2D eigenvalue weighted by Gasteiger charge is -2.27. The van der Waals surface area contributed by atoms with Gasteiger partial charge in [-0.05, 0) is 54.9 Å². The molecule has 1 rings (SSSR count). The fourth-order valence-electron chi connectivity index (χ4n) is 5.60. The third kappa shape index (κ3) is 18.5. The number of aliphatic hydroxyl groups excluding tert-OH is 1. The van der Waals surface area contributed by atoms with Gasteiger partial charge in [0.1, 0.15) is 30.2 Å². The SMILES string of the molecule is CC(C)C[C@H](NC(=O)[C@H](Cc1ccccc1)NC(=O)[C@H](CC(C)C)NC(=O)[C@H](CC(C)C)NC(=O)CNC(=O)[C@H](CO)NC(=O)[C@@H](N)CC(C)C)C(=O)O. The summed E-state index contributed by atoms with van der Waals surface area (Å²) in [6.45, 7) is 13.5. The maximum absolute atomic E-state index is 13.8. The van der Waals surface area contributed by atoms with E-state index < -0.39 is 90.8 Å². The number of carbonyl (C=O) groups excluding carboxylic acids is 6. The van der Waals surface area contributed by atoms with Crippen LogP contribution in [0.5, 0.6) is 0 Å². The molecule has 6 amide bonds. The average molecular weight is 762 g/mol. The molecule has 0 aliphatic heterocycles. The summed E-state index contributed by atoms with van der Waals surface area (Å²) in [7, 11) is 0. The number of hydrogen-bond acceptors (Lipinski definition) is 9. The van der Waals surface area contributed by atoms with Gasteiger partial charge < -0.3 is 47.8 Å². The number of aliphatic hydroxyl groups is 1. The summed E-state index contributed by atoms with van der Waals surface area (Å²) >= 11 is 0. The van der Waals surface area contributed by atoms with E-state index in [2.05, 4.69) is 31.9 Å².